The van der Waals surface area contributed by atoms with Crippen molar-refractivity contribution in [1.29, 1.82) is 0 Å². The summed E-state index contributed by atoms with van der Waals surface area (Å²) < 4.78 is 0. The van der Waals surface area contributed by atoms with Gasteiger partial charge in [-0.05, 0) is 18.6 Å². The summed E-state index contributed by atoms with van der Waals surface area (Å²) in [5, 5.41) is 3.55. The maximum absolute atomic E-state index is 11.9. The molecule has 120 valence electrons. The highest BCUT2D eigenvalue weighted by molar-refractivity contribution is 6.34. The lowest BCUT2D eigenvalue weighted by atomic mass is 10.2. The molecule has 0 bridgehead atoms. The third kappa shape index (κ3) is 3.91. The van der Waals surface area contributed by atoms with Gasteiger partial charge in [0.15, 0.2) is 0 Å². The Hall–Kier alpha value is -1.75. The van der Waals surface area contributed by atoms with E-state index in [0.717, 1.165) is 17.8 Å². The molecule has 1 N–H and O–H groups in total. The molecule has 1 heterocycles. The monoisotopic (exact) mass is 323 g/mol. The molecule has 0 unspecified atom stereocenters. The lowest BCUT2D eigenvalue weighted by Gasteiger charge is -2.37. The van der Waals surface area contributed by atoms with E-state index in [4.69, 9.17) is 11.6 Å². The predicted octanol–water partition coefficient (Wildman–Crippen LogP) is 2.75. The summed E-state index contributed by atoms with van der Waals surface area (Å²) in [4.78, 5) is 27.2. The number of anilines is 2. The van der Waals surface area contributed by atoms with Crippen molar-refractivity contribution in [2.24, 2.45) is 0 Å². The zero-order valence-electron chi connectivity index (χ0n) is 13.1. The van der Waals surface area contributed by atoms with E-state index in [-0.39, 0.29) is 11.8 Å². The molecule has 1 aliphatic heterocycles. The zero-order valence-corrected chi connectivity index (χ0v) is 13.8. The van der Waals surface area contributed by atoms with Crippen LogP contribution in [0.4, 0.5) is 11.4 Å². The predicted molar refractivity (Wildman–Crippen MR) is 89.5 cm³/mol. The van der Waals surface area contributed by atoms with E-state index in [1.807, 2.05) is 30.0 Å². The maximum atomic E-state index is 11.9. The van der Waals surface area contributed by atoms with E-state index < -0.39 is 0 Å². The van der Waals surface area contributed by atoms with Crippen LogP contribution in [-0.4, -0.2) is 42.9 Å². The Morgan fingerprint density at radius 2 is 1.91 bits per heavy atom. The summed E-state index contributed by atoms with van der Waals surface area (Å²) in [5.74, 6) is 0.0867. The Balaban J connectivity index is 2.16. The first-order valence-corrected chi connectivity index (χ1v) is 7.99. The number of carbonyl (C=O) groups is 2. The minimum atomic E-state index is -0.00612. The number of benzene rings is 1. The molecule has 5 nitrogen and oxygen atoms in total. The molecule has 1 aliphatic rings. The number of amides is 2. The van der Waals surface area contributed by atoms with E-state index in [9.17, 15) is 9.59 Å². The van der Waals surface area contributed by atoms with Crippen molar-refractivity contribution < 1.29 is 9.59 Å². The topological polar surface area (TPSA) is 52.7 Å². The fraction of sp³-hybridized carbons (Fsp3) is 0.500. The van der Waals surface area contributed by atoms with Crippen LogP contribution < -0.4 is 10.2 Å². The van der Waals surface area contributed by atoms with Crippen molar-refractivity contribution in [1.82, 2.24) is 4.90 Å². The first kappa shape index (κ1) is 16.6. The Morgan fingerprint density at radius 3 is 2.50 bits per heavy atom. The van der Waals surface area contributed by atoms with Gasteiger partial charge in [-0.1, -0.05) is 24.6 Å². The number of hydrogen-bond donors (Lipinski definition) is 1. The molecule has 0 atom stereocenters. The SMILES string of the molecule is CCCC(=O)Nc1cccc(Cl)c1N1CCN(C(C)=O)CC1. The minimum absolute atomic E-state index is 0.00612. The van der Waals surface area contributed by atoms with E-state index in [0.29, 0.717) is 37.6 Å². The quantitative estimate of drug-likeness (QED) is 0.927. The van der Waals surface area contributed by atoms with Crippen LogP contribution in [-0.2, 0) is 9.59 Å². The number of para-hydroxylation sites is 1. The molecule has 0 spiro atoms. The molecule has 2 rings (SSSR count). The molecule has 1 aromatic rings. The number of nitrogens with one attached hydrogen (secondary N) is 1. The summed E-state index contributed by atoms with van der Waals surface area (Å²) in [6, 6.07) is 5.52. The van der Waals surface area contributed by atoms with Crippen LogP contribution in [0, 0.1) is 0 Å². The lowest BCUT2D eigenvalue weighted by Crippen LogP contribution is -2.48. The molecule has 1 saturated heterocycles. The number of hydrogen-bond acceptors (Lipinski definition) is 3. The standard InChI is InChI=1S/C16H22ClN3O2/c1-3-5-15(22)18-14-7-4-6-13(17)16(14)20-10-8-19(9-11-20)12(2)21/h4,6-7H,3,5,8-11H2,1-2H3,(H,18,22). The molecular weight excluding hydrogens is 302 g/mol. The van der Waals surface area contributed by atoms with E-state index in [2.05, 4.69) is 10.2 Å². The average Bonchev–Trinajstić information content (AvgIpc) is 2.48. The molecule has 0 saturated carbocycles. The van der Waals surface area contributed by atoms with Gasteiger partial charge in [-0.2, -0.15) is 0 Å². The maximum Gasteiger partial charge on any atom is 0.224 e. The van der Waals surface area contributed by atoms with E-state index in [1.54, 1.807) is 6.92 Å². The van der Waals surface area contributed by atoms with Gasteiger partial charge in [0.2, 0.25) is 11.8 Å². The van der Waals surface area contributed by atoms with Crippen molar-refractivity contribution in [2.45, 2.75) is 26.7 Å². The second-order valence-corrected chi connectivity index (χ2v) is 5.83. The van der Waals surface area contributed by atoms with Gasteiger partial charge in [0.1, 0.15) is 0 Å². The largest absolute Gasteiger partial charge is 0.365 e. The zero-order chi connectivity index (χ0) is 16.1. The fourth-order valence-electron chi connectivity index (χ4n) is 2.62. The Bertz CT molecular complexity index is 554. The number of piperazine rings is 1. The van der Waals surface area contributed by atoms with Gasteiger partial charge in [0, 0.05) is 39.5 Å². The second-order valence-electron chi connectivity index (χ2n) is 5.43. The van der Waals surface area contributed by atoms with Gasteiger partial charge in [0.05, 0.1) is 16.4 Å². The molecule has 2 amide bonds. The molecule has 1 fully saturated rings. The van der Waals surface area contributed by atoms with Gasteiger partial charge in [-0.25, -0.2) is 0 Å². The van der Waals surface area contributed by atoms with Crippen molar-refractivity contribution >= 4 is 34.8 Å². The van der Waals surface area contributed by atoms with Gasteiger partial charge < -0.3 is 15.1 Å². The molecule has 22 heavy (non-hydrogen) atoms. The summed E-state index contributed by atoms with van der Waals surface area (Å²) >= 11 is 6.35. The highest BCUT2D eigenvalue weighted by atomic mass is 35.5. The summed E-state index contributed by atoms with van der Waals surface area (Å²) in [7, 11) is 0. The minimum Gasteiger partial charge on any atom is -0.365 e. The summed E-state index contributed by atoms with van der Waals surface area (Å²) in [6.45, 7) is 6.31. The molecule has 1 aromatic carbocycles. The normalized spacial score (nSPS) is 14.9. The lowest BCUT2D eigenvalue weighted by molar-refractivity contribution is -0.129. The van der Waals surface area contributed by atoms with Crippen LogP contribution in [0.25, 0.3) is 0 Å². The van der Waals surface area contributed by atoms with Gasteiger partial charge in [0.25, 0.3) is 0 Å². The molecule has 0 aliphatic carbocycles. The van der Waals surface area contributed by atoms with Crippen LogP contribution in [0.2, 0.25) is 5.02 Å². The van der Waals surface area contributed by atoms with E-state index >= 15 is 0 Å². The second kappa shape index (κ2) is 7.49. The van der Waals surface area contributed by atoms with Gasteiger partial charge in [-0.15, -0.1) is 0 Å². The highest BCUT2D eigenvalue weighted by Gasteiger charge is 2.22. The third-order valence-electron chi connectivity index (χ3n) is 3.78. The summed E-state index contributed by atoms with van der Waals surface area (Å²) in [6.07, 6.45) is 1.29. The van der Waals surface area contributed by atoms with Gasteiger partial charge >= 0.3 is 0 Å². The first-order chi connectivity index (χ1) is 10.5. The van der Waals surface area contributed by atoms with Crippen molar-refractivity contribution in [2.75, 3.05) is 36.4 Å². The van der Waals surface area contributed by atoms with Crippen LogP contribution in [0.1, 0.15) is 26.7 Å². The molecule has 0 radical (unpaired) electrons. The number of halogens is 1. The first-order valence-electron chi connectivity index (χ1n) is 7.61. The highest BCUT2D eigenvalue weighted by Crippen LogP contribution is 2.34. The molecule has 6 heteroatoms. The van der Waals surface area contributed by atoms with Crippen LogP contribution in [0.5, 0.6) is 0 Å². The molecule has 0 aromatic heterocycles. The fourth-order valence-corrected chi connectivity index (χ4v) is 2.92. The Morgan fingerprint density at radius 1 is 1.23 bits per heavy atom. The Labute approximate surface area is 136 Å². The van der Waals surface area contributed by atoms with Crippen molar-refractivity contribution in [3.8, 4) is 0 Å². The average molecular weight is 324 g/mol. The third-order valence-corrected chi connectivity index (χ3v) is 4.08. The van der Waals surface area contributed by atoms with Crippen molar-refractivity contribution in [3.05, 3.63) is 23.2 Å². The van der Waals surface area contributed by atoms with Crippen LogP contribution in [0.15, 0.2) is 18.2 Å². The smallest absolute Gasteiger partial charge is 0.224 e. The van der Waals surface area contributed by atoms with Crippen molar-refractivity contribution in [3.63, 3.8) is 0 Å². The number of nitrogens with zero attached hydrogens (tertiary/aromatic N) is 2. The van der Waals surface area contributed by atoms with E-state index in [1.165, 1.54) is 0 Å². The number of carbonyl (C=O) groups excluding carboxylic acids is 2. The van der Waals surface area contributed by atoms with Crippen LogP contribution >= 0.6 is 11.6 Å². The molecular formula is C16H22ClN3O2. The van der Waals surface area contributed by atoms with Crippen LogP contribution in [0.3, 0.4) is 0 Å². The van der Waals surface area contributed by atoms with Gasteiger partial charge in [-0.3, -0.25) is 9.59 Å². The summed E-state index contributed by atoms with van der Waals surface area (Å²) in [5.41, 5.74) is 1.58. The Kier molecular flexibility index (Phi) is 5.66. The number of rotatable bonds is 4.